The van der Waals surface area contributed by atoms with Crippen LogP contribution in [0, 0.1) is 6.92 Å². The number of aromatic nitrogens is 1. The van der Waals surface area contributed by atoms with E-state index in [9.17, 15) is 14.7 Å². The van der Waals surface area contributed by atoms with Crippen molar-refractivity contribution in [2.75, 3.05) is 6.61 Å². The molecule has 0 spiro atoms. The third-order valence-electron chi connectivity index (χ3n) is 3.16. The number of nitrogens with one attached hydrogen (secondary N) is 1. The van der Waals surface area contributed by atoms with Crippen molar-refractivity contribution >= 4 is 23.2 Å². The Morgan fingerprint density at radius 2 is 2.12 bits per heavy atom. The number of aryl methyl sites for hydroxylation is 1. The molecule has 0 saturated heterocycles. The van der Waals surface area contributed by atoms with Gasteiger partial charge in [-0.25, -0.2) is 9.78 Å². The fourth-order valence-corrected chi connectivity index (χ4v) is 2.97. The third kappa shape index (κ3) is 4.45. The second-order valence-corrected chi connectivity index (χ2v) is 6.10. The van der Waals surface area contributed by atoms with Gasteiger partial charge in [0.25, 0.3) is 0 Å². The number of carboxylic acids is 1. The minimum absolute atomic E-state index is 0.0230. The van der Waals surface area contributed by atoms with Gasteiger partial charge in [0.05, 0.1) is 18.7 Å². The van der Waals surface area contributed by atoms with E-state index in [4.69, 9.17) is 9.84 Å². The molecule has 0 aliphatic rings. The van der Waals surface area contributed by atoms with Gasteiger partial charge in [0, 0.05) is 6.54 Å². The van der Waals surface area contributed by atoms with E-state index in [1.165, 1.54) is 6.07 Å². The smallest absolute Gasteiger partial charge is 0.347 e. The van der Waals surface area contributed by atoms with E-state index in [2.05, 4.69) is 10.3 Å². The van der Waals surface area contributed by atoms with E-state index in [1.54, 1.807) is 19.1 Å². The predicted octanol–water partition coefficient (Wildman–Crippen LogP) is 2.11. The van der Waals surface area contributed by atoms with Crippen LogP contribution in [0.4, 0.5) is 0 Å². The summed E-state index contributed by atoms with van der Waals surface area (Å²) in [6.07, 6.45) is 0.0230. The number of nitrogens with zero attached hydrogens (tertiary/aromatic N) is 1. The average Bonchev–Trinajstić information content (AvgIpc) is 2.89. The van der Waals surface area contributed by atoms with Gasteiger partial charge in [0.1, 0.15) is 9.88 Å². The molecule has 24 heavy (non-hydrogen) atoms. The summed E-state index contributed by atoms with van der Waals surface area (Å²) in [5.74, 6) is -0.881. The summed E-state index contributed by atoms with van der Waals surface area (Å²) >= 11 is 1.00. The zero-order chi connectivity index (χ0) is 17.7. The lowest BCUT2D eigenvalue weighted by molar-refractivity contribution is -0.120. The molecule has 0 bridgehead atoms. The lowest BCUT2D eigenvalue weighted by Crippen LogP contribution is -2.24. The van der Waals surface area contributed by atoms with Crippen LogP contribution in [0.5, 0.6) is 11.5 Å². The number of carboxylic acid groups (broad SMARTS) is 1. The van der Waals surface area contributed by atoms with Crippen molar-refractivity contribution in [3.8, 4) is 11.5 Å². The van der Waals surface area contributed by atoms with E-state index >= 15 is 0 Å². The molecule has 7 nitrogen and oxygen atoms in total. The van der Waals surface area contributed by atoms with Crippen LogP contribution >= 0.6 is 11.3 Å². The summed E-state index contributed by atoms with van der Waals surface area (Å²) in [4.78, 5) is 27.2. The van der Waals surface area contributed by atoms with E-state index < -0.39 is 5.97 Å². The molecule has 2 aromatic rings. The Balaban J connectivity index is 1.95. The summed E-state index contributed by atoms with van der Waals surface area (Å²) in [5.41, 5.74) is 1.20. The van der Waals surface area contributed by atoms with Gasteiger partial charge >= 0.3 is 5.97 Å². The van der Waals surface area contributed by atoms with Crippen LogP contribution in [0.15, 0.2) is 18.2 Å². The highest BCUT2D eigenvalue weighted by Crippen LogP contribution is 2.26. The molecule has 128 valence electrons. The monoisotopic (exact) mass is 350 g/mol. The number of thiazole rings is 1. The van der Waals surface area contributed by atoms with Gasteiger partial charge in [-0.05, 0) is 31.5 Å². The number of rotatable bonds is 7. The number of ether oxygens (including phenoxy) is 1. The van der Waals surface area contributed by atoms with Crippen LogP contribution in [0.25, 0.3) is 0 Å². The highest BCUT2D eigenvalue weighted by Gasteiger charge is 2.16. The van der Waals surface area contributed by atoms with Crippen LogP contribution in [0.3, 0.4) is 0 Å². The number of phenolic OH excluding ortho intramolecular Hbond substituents is 1. The Morgan fingerprint density at radius 1 is 1.38 bits per heavy atom. The van der Waals surface area contributed by atoms with Crippen molar-refractivity contribution in [2.24, 2.45) is 0 Å². The molecule has 0 unspecified atom stereocenters. The van der Waals surface area contributed by atoms with Crippen molar-refractivity contribution in [3.05, 3.63) is 39.3 Å². The number of aromatic carboxylic acids is 1. The van der Waals surface area contributed by atoms with Gasteiger partial charge in [-0.15, -0.1) is 11.3 Å². The molecule has 0 aliphatic heterocycles. The summed E-state index contributed by atoms with van der Waals surface area (Å²) in [6, 6.07) is 4.86. The van der Waals surface area contributed by atoms with Crippen molar-refractivity contribution < 1.29 is 24.5 Å². The lowest BCUT2D eigenvalue weighted by atomic mass is 10.2. The van der Waals surface area contributed by atoms with Crippen LogP contribution in [0.1, 0.15) is 32.9 Å². The topological polar surface area (TPSA) is 109 Å². The quantitative estimate of drug-likeness (QED) is 0.706. The molecule has 1 heterocycles. The molecular weight excluding hydrogens is 332 g/mol. The molecule has 0 atom stereocenters. The second kappa shape index (κ2) is 7.78. The van der Waals surface area contributed by atoms with E-state index in [1.807, 2.05) is 6.92 Å². The minimum atomic E-state index is -1.04. The van der Waals surface area contributed by atoms with Crippen LogP contribution < -0.4 is 10.1 Å². The Bertz CT molecular complexity index is 757. The molecule has 0 fully saturated rings. The van der Waals surface area contributed by atoms with E-state index in [0.29, 0.717) is 23.1 Å². The maximum Gasteiger partial charge on any atom is 0.347 e. The summed E-state index contributed by atoms with van der Waals surface area (Å²) in [7, 11) is 0. The lowest BCUT2D eigenvalue weighted by Gasteiger charge is -2.09. The second-order valence-electron chi connectivity index (χ2n) is 5.02. The number of amides is 1. The Kier molecular flexibility index (Phi) is 5.75. The van der Waals surface area contributed by atoms with Gasteiger partial charge in [-0.2, -0.15) is 0 Å². The molecule has 2 rings (SSSR count). The van der Waals surface area contributed by atoms with Crippen LogP contribution in [-0.2, 0) is 17.8 Å². The average molecular weight is 350 g/mol. The maximum absolute atomic E-state index is 12.0. The van der Waals surface area contributed by atoms with E-state index in [0.717, 1.165) is 16.9 Å². The van der Waals surface area contributed by atoms with Crippen molar-refractivity contribution in [1.82, 2.24) is 10.3 Å². The van der Waals surface area contributed by atoms with Crippen LogP contribution in [0.2, 0.25) is 0 Å². The predicted molar refractivity (Wildman–Crippen MR) is 88.6 cm³/mol. The normalized spacial score (nSPS) is 10.4. The van der Waals surface area contributed by atoms with Crippen molar-refractivity contribution in [2.45, 2.75) is 26.8 Å². The van der Waals surface area contributed by atoms with Gasteiger partial charge < -0.3 is 20.3 Å². The third-order valence-corrected chi connectivity index (χ3v) is 4.31. The first-order valence-electron chi connectivity index (χ1n) is 7.31. The van der Waals surface area contributed by atoms with Gasteiger partial charge in [0.15, 0.2) is 11.5 Å². The number of carbonyl (C=O) groups excluding carboxylic acids is 1. The molecule has 3 N–H and O–H groups in total. The Labute approximate surface area is 142 Å². The van der Waals surface area contributed by atoms with Crippen molar-refractivity contribution in [1.29, 1.82) is 0 Å². The summed E-state index contributed by atoms with van der Waals surface area (Å²) < 4.78 is 5.29. The molecule has 0 saturated carbocycles. The highest BCUT2D eigenvalue weighted by atomic mass is 32.1. The maximum atomic E-state index is 12.0. The number of hydrogen-bond donors (Lipinski definition) is 3. The first kappa shape index (κ1) is 17.7. The first-order valence-corrected chi connectivity index (χ1v) is 8.13. The van der Waals surface area contributed by atoms with Gasteiger partial charge in [0.2, 0.25) is 5.91 Å². The Morgan fingerprint density at radius 3 is 2.75 bits per heavy atom. The summed E-state index contributed by atoms with van der Waals surface area (Å²) in [6.45, 7) is 4.12. The fourth-order valence-electron chi connectivity index (χ4n) is 2.07. The molecule has 1 amide bonds. The molecule has 1 aromatic carbocycles. The SMILES string of the molecule is CCOc1cc(CNC(=O)Cc2nc(C)c(C(=O)O)s2)ccc1O. The number of benzene rings is 1. The molecular formula is C16H18N2O5S. The molecule has 0 aliphatic carbocycles. The zero-order valence-corrected chi connectivity index (χ0v) is 14.1. The molecule has 8 heteroatoms. The van der Waals surface area contributed by atoms with Crippen LogP contribution in [-0.4, -0.2) is 33.7 Å². The molecule has 0 radical (unpaired) electrons. The fraction of sp³-hybridized carbons (Fsp3) is 0.312. The molecule has 1 aromatic heterocycles. The van der Waals surface area contributed by atoms with E-state index in [-0.39, 0.29) is 29.5 Å². The zero-order valence-electron chi connectivity index (χ0n) is 13.3. The number of carbonyl (C=O) groups is 2. The number of aromatic hydroxyl groups is 1. The minimum Gasteiger partial charge on any atom is -0.504 e. The van der Waals surface area contributed by atoms with Gasteiger partial charge in [-0.1, -0.05) is 6.07 Å². The summed E-state index contributed by atoms with van der Waals surface area (Å²) in [5, 5.41) is 21.8. The standard InChI is InChI=1S/C16H18N2O5S/c1-3-23-12-6-10(4-5-11(12)19)8-17-13(20)7-14-18-9(2)15(24-14)16(21)22/h4-6,19H,3,7-8H2,1-2H3,(H,17,20)(H,21,22). The van der Waals surface area contributed by atoms with Crippen molar-refractivity contribution in [3.63, 3.8) is 0 Å². The highest BCUT2D eigenvalue weighted by molar-refractivity contribution is 7.13. The first-order chi connectivity index (χ1) is 11.4. The Hall–Kier alpha value is -2.61. The van der Waals surface area contributed by atoms with Gasteiger partial charge in [-0.3, -0.25) is 4.79 Å². The number of phenols is 1. The number of hydrogen-bond acceptors (Lipinski definition) is 6. The largest absolute Gasteiger partial charge is 0.504 e.